The zero-order chi connectivity index (χ0) is 17.6. The van der Waals surface area contributed by atoms with Crippen LogP contribution in [0, 0.1) is 5.92 Å². The molecule has 1 aromatic carbocycles. The monoisotopic (exact) mass is 345 g/mol. The molecule has 5 nitrogen and oxygen atoms in total. The van der Waals surface area contributed by atoms with Gasteiger partial charge in [-0.05, 0) is 37.0 Å². The number of amides is 2. The van der Waals surface area contributed by atoms with Crippen LogP contribution in [0.2, 0.25) is 0 Å². The molecule has 1 aliphatic heterocycles. The van der Waals surface area contributed by atoms with Crippen molar-refractivity contribution < 1.29 is 9.90 Å². The fraction of sp³-hybridized carbons (Fsp3) is 0.650. The summed E-state index contributed by atoms with van der Waals surface area (Å²) in [7, 11) is 2.19. The largest absolute Gasteiger partial charge is 0.396 e. The third kappa shape index (κ3) is 4.66. The van der Waals surface area contributed by atoms with Gasteiger partial charge in [-0.25, -0.2) is 4.79 Å². The van der Waals surface area contributed by atoms with E-state index in [1.807, 2.05) is 0 Å². The third-order valence-corrected chi connectivity index (χ3v) is 5.74. The highest BCUT2D eigenvalue weighted by atomic mass is 16.3. The van der Waals surface area contributed by atoms with Gasteiger partial charge in [0.2, 0.25) is 0 Å². The molecule has 0 radical (unpaired) electrons. The Hall–Kier alpha value is -1.75. The molecular weight excluding hydrogens is 314 g/mol. The van der Waals surface area contributed by atoms with Crippen molar-refractivity contribution in [1.29, 1.82) is 0 Å². The molecule has 0 bridgehead atoms. The molecule has 25 heavy (non-hydrogen) atoms. The van der Waals surface area contributed by atoms with Crippen LogP contribution in [0.4, 0.5) is 10.5 Å². The second-order valence-corrected chi connectivity index (χ2v) is 7.51. The SMILES string of the molecule is CN(c1ccc(CNC(=O)N2CCC(CO)C2)cc1)C1CCCCC1. The average molecular weight is 345 g/mol. The standard InChI is InChI=1S/C20H31N3O2/c1-22(18-5-3-2-4-6-18)19-9-7-16(8-10-19)13-21-20(25)23-12-11-17(14-23)15-24/h7-10,17-18,24H,2-6,11-15H2,1H3,(H,21,25). The number of benzene rings is 1. The van der Waals surface area contributed by atoms with Crippen molar-refractivity contribution in [2.75, 3.05) is 31.6 Å². The minimum Gasteiger partial charge on any atom is -0.396 e. The Morgan fingerprint density at radius 1 is 1.20 bits per heavy atom. The maximum Gasteiger partial charge on any atom is 0.317 e. The van der Waals surface area contributed by atoms with Crippen molar-refractivity contribution in [3.63, 3.8) is 0 Å². The van der Waals surface area contributed by atoms with Gasteiger partial charge >= 0.3 is 6.03 Å². The molecule has 1 aliphatic carbocycles. The van der Waals surface area contributed by atoms with E-state index in [-0.39, 0.29) is 18.6 Å². The fourth-order valence-corrected chi connectivity index (χ4v) is 3.98. The molecule has 1 heterocycles. The zero-order valence-electron chi connectivity index (χ0n) is 15.3. The number of aliphatic hydroxyl groups is 1. The maximum atomic E-state index is 12.2. The molecule has 2 fully saturated rings. The molecule has 2 aliphatic rings. The summed E-state index contributed by atoms with van der Waals surface area (Å²) in [5, 5.41) is 12.2. The van der Waals surface area contributed by atoms with Crippen LogP contribution in [0.25, 0.3) is 0 Å². The van der Waals surface area contributed by atoms with Gasteiger partial charge in [0.25, 0.3) is 0 Å². The molecule has 5 heteroatoms. The number of carbonyl (C=O) groups is 1. The lowest BCUT2D eigenvalue weighted by Crippen LogP contribution is -2.38. The Morgan fingerprint density at radius 2 is 1.92 bits per heavy atom. The molecule has 1 saturated heterocycles. The Balaban J connectivity index is 1.48. The number of rotatable bonds is 5. The highest BCUT2D eigenvalue weighted by Gasteiger charge is 2.25. The summed E-state index contributed by atoms with van der Waals surface area (Å²) >= 11 is 0. The summed E-state index contributed by atoms with van der Waals surface area (Å²) in [6.45, 7) is 2.11. The Morgan fingerprint density at radius 3 is 2.56 bits per heavy atom. The van der Waals surface area contributed by atoms with Crippen molar-refractivity contribution in [2.24, 2.45) is 5.92 Å². The van der Waals surface area contributed by atoms with Gasteiger partial charge in [-0.15, -0.1) is 0 Å². The Kier molecular flexibility index (Phi) is 6.19. The number of urea groups is 1. The Labute approximate surface area is 151 Å². The van der Waals surface area contributed by atoms with Crippen LogP contribution in [-0.4, -0.2) is 48.8 Å². The van der Waals surface area contributed by atoms with Crippen LogP contribution in [0.3, 0.4) is 0 Å². The van der Waals surface area contributed by atoms with Crippen LogP contribution in [0.1, 0.15) is 44.1 Å². The summed E-state index contributed by atoms with van der Waals surface area (Å²) < 4.78 is 0. The van der Waals surface area contributed by atoms with Gasteiger partial charge in [-0.2, -0.15) is 0 Å². The van der Waals surface area contributed by atoms with Gasteiger partial charge in [0.1, 0.15) is 0 Å². The number of anilines is 1. The van der Waals surface area contributed by atoms with Crippen LogP contribution in [0.15, 0.2) is 24.3 Å². The first-order chi connectivity index (χ1) is 12.2. The number of nitrogens with zero attached hydrogens (tertiary/aromatic N) is 2. The number of hydrogen-bond acceptors (Lipinski definition) is 3. The van der Waals surface area contributed by atoms with E-state index in [0.717, 1.165) is 18.5 Å². The van der Waals surface area contributed by atoms with Crippen molar-refractivity contribution in [3.8, 4) is 0 Å². The lowest BCUT2D eigenvalue weighted by molar-refractivity contribution is 0.198. The van der Waals surface area contributed by atoms with Gasteiger partial charge in [0.05, 0.1) is 0 Å². The number of hydrogen-bond donors (Lipinski definition) is 2. The predicted octanol–water partition coefficient (Wildman–Crippen LogP) is 2.98. The van der Waals surface area contributed by atoms with Crippen LogP contribution in [-0.2, 0) is 6.54 Å². The summed E-state index contributed by atoms with van der Waals surface area (Å²) in [5.74, 6) is 0.236. The minimum absolute atomic E-state index is 0.0284. The normalized spacial score (nSPS) is 21.4. The first kappa shape index (κ1) is 18.1. The van der Waals surface area contributed by atoms with Gasteiger partial charge in [-0.3, -0.25) is 0 Å². The van der Waals surface area contributed by atoms with Crippen molar-refractivity contribution in [1.82, 2.24) is 10.2 Å². The van der Waals surface area contributed by atoms with E-state index in [4.69, 9.17) is 0 Å². The first-order valence-corrected chi connectivity index (χ1v) is 9.63. The number of nitrogens with one attached hydrogen (secondary N) is 1. The van der Waals surface area contributed by atoms with Crippen molar-refractivity contribution >= 4 is 11.7 Å². The Bertz CT molecular complexity index is 555. The van der Waals surface area contributed by atoms with E-state index in [0.29, 0.717) is 19.1 Å². The quantitative estimate of drug-likeness (QED) is 0.863. The van der Waals surface area contributed by atoms with Crippen molar-refractivity contribution in [2.45, 2.75) is 51.1 Å². The van der Waals surface area contributed by atoms with E-state index in [1.165, 1.54) is 37.8 Å². The number of carbonyl (C=O) groups excluding carboxylic acids is 1. The fourth-order valence-electron chi connectivity index (χ4n) is 3.98. The molecule has 1 aromatic rings. The average Bonchev–Trinajstić information content (AvgIpc) is 3.16. The summed E-state index contributed by atoms with van der Waals surface area (Å²) in [6, 6.07) is 9.17. The highest BCUT2D eigenvalue weighted by Crippen LogP contribution is 2.26. The molecule has 138 valence electrons. The lowest BCUT2D eigenvalue weighted by atomic mass is 9.94. The van der Waals surface area contributed by atoms with Gasteiger partial charge in [0, 0.05) is 50.9 Å². The molecular formula is C20H31N3O2. The summed E-state index contributed by atoms with van der Waals surface area (Å²) in [4.78, 5) is 16.4. The number of aliphatic hydroxyl groups excluding tert-OH is 1. The van der Waals surface area contributed by atoms with Gasteiger partial charge in [-0.1, -0.05) is 31.4 Å². The second-order valence-electron chi connectivity index (χ2n) is 7.51. The highest BCUT2D eigenvalue weighted by molar-refractivity contribution is 5.74. The van der Waals surface area contributed by atoms with Crippen molar-refractivity contribution in [3.05, 3.63) is 29.8 Å². The number of likely N-dealkylation sites (tertiary alicyclic amines) is 1. The molecule has 2 amide bonds. The topological polar surface area (TPSA) is 55.8 Å². The second kappa shape index (κ2) is 8.56. The van der Waals surface area contributed by atoms with E-state index in [2.05, 4.69) is 41.5 Å². The van der Waals surface area contributed by atoms with E-state index in [9.17, 15) is 9.90 Å². The zero-order valence-corrected chi connectivity index (χ0v) is 15.3. The van der Waals surface area contributed by atoms with Gasteiger partial charge < -0.3 is 20.2 Å². The van der Waals surface area contributed by atoms with E-state index < -0.39 is 0 Å². The molecule has 2 N–H and O–H groups in total. The molecule has 0 spiro atoms. The minimum atomic E-state index is -0.0284. The molecule has 1 unspecified atom stereocenters. The maximum absolute atomic E-state index is 12.2. The lowest BCUT2D eigenvalue weighted by Gasteiger charge is -2.33. The van der Waals surface area contributed by atoms with Crippen LogP contribution < -0.4 is 10.2 Å². The van der Waals surface area contributed by atoms with E-state index >= 15 is 0 Å². The first-order valence-electron chi connectivity index (χ1n) is 9.63. The molecule has 1 atom stereocenters. The van der Waals surface area contributed by atoms with E-state index in [1.54, 1.807) is 4.90 Å². The summed E-state index contributed by atoms with van der Waals surface area (Å²) in [6.07, 6.45) is 7.53. The smallest absolute Gasteiger partial charge is 0.317 e. The predicted molar refractivity (Wildman–Crippen MR) is 101 cm³/mol. The van der Waals surface area contributed by atoms with Crippen LogP contribution in [0.5, 0.6) is 0 Å². The van der Waals surface area contributed by atoms with Crippen LogP contribution >= 0.6 is 0 Å². The third-order valence-electron chi connectivity index (χ3n) is 5.74. The van der Waals surface area contributed by atoms with Gasteiger partial charge in [0.15, 0.2) is 0 Å². The summed E-state index contributed by atoms with van der Waals surface area (Å²) in [5.41, 5.74) is 2.37. The molecule has 3 rings (SSSR count). The molecule has 0 aromatic heterocycles. The molecule has 1 saturated carbocycles.